The van der Waals surface area contributed by atoms with E-state index in [2.05, 4.69) is 82.0 Å². The summed E-state index contributed by atoms with van der Waals surface area (Å²) in [6.45, 7) is 30.6. The van der Waals surface area contributed by atoms with Gasteiger partial charge in [0.1, 0.15) is 0 Å². The van der Waals surface area contributed by atoms with Gasteiger partial charge in [0.15, 0.2) is 0 Å². The molecule has 0 N–H and O–H groups in total. The molecule has 0 aromatic heterocycles. The zero-order valence-electron chi connectivity index (χ0n) is 15.2. The first kappa shape index (κ1) is 19.1. The molecule has 0 aromatic carbocycles. The molecule has 0 unspecified atom stereocenters. The van der Waals surface area contributed by atoms with E-state index >= 15 is 0 Å². The third kappa shape index (κ3) is 3.83. The van der Waals surface area contributed by atoms with Gasteiger partial charge in [-0.3, -0.25) is 0 Å². The predicted octanol–water partition coefficient (Wildman–Crippen LogP) is 6.71. The first-order chi connectivity index (χ1) is 7.46. The van der Waals surface area contributed by atoms with Crippen molar-refractivity contribution in [1.82, 2.24) is 0 Å². The van der Waals surface area contributed by atoms with E-state index in [4.69, 9.17) is 0 Å². The van der Waals surface area contributed by atoms with E-state index in [0.29, 0.717) is 8.92 Å². The Balaban J connectivity index is 6.10. The summed E-state index contributed by atoms with van der Waals surface area (Å²) in [6, 6.07) is 0. The summed E-state index contributed by atoms with van der Waals surface area (Å²) in [6.07, 6.45) is 0. The summed E-state index contributed by atoms with van der Waals surface area (Å²) in [7, 11) is -1.02. The zero-order valence-corrected chi connectivity index (χ0v) is 20.1. The van der Waals surface area contributed by atoms with E-state index in [-0.39, 0.29) is 0 Å². The minimum absolute atomic E-state index is 0.545. The first-order valence-corrected chi connectivity index (χ1v) is 19.7. The Morgan fingerprint density at radius 2 is 0.833 bits per heavy atom. The van der Waals surface area contributed by atoms with Crippen molar-refractivity contribution < 1.29 is 0 Å². The molecule has 0 saturated heterocycles. The molecule has 0 fully saturated rings. The summed E-state index contributed by atoms with van der Waals surface area (Å²) in [4.78, 5) is 0. The van der Waals surface area contributed by atoms with Gasteiger partial charge in [0, 0.05) is 0 Å². The Kier molecular flexibility index (Phi) is 5.48. The maximum atomic E-state index is 2.57. The molecule has 2 heteroatoms. The predicted molar refractivity (Wildman–Crippen MR) is 93.1 cm³/mol. The summed E-state index contributed by atoms with van der Waals surface area (Å²) in [5.41, 5.74) is 0. The normalized spacial score (nSPS) is 16.0. The monoisotopic (exact) mass is 466 g/mol. The van der Waals surface area contributed by atoms with Crippen molar-refractivity contribution in [1.29, 1.82) is 0 Å². The molecule has 18 heavy (non-hydrogen) atoms. The Labute approximate surface area is 123 Å². The second kappa shape index (κ2) is 5.16. The quantitative estimate of drug-likeness (QED) is 0.397. The molecular formula is C16H38PbSi. The van der Waals surface area contributed by atoms with Gasteiger partial charge in [-0.1, -0.05) is 0 Å². The van der Waals surface area contributed by atoms with Crippen molar-refractivity contribution >= 4 is 29.2 Å². The molecule has 0 rings (SSSR count). The molecule has 0 saturated carbocycles. The minimum atomic E-state index is -2.57. The molecule has 0 aliphatic rings. The Bertz CT molecular complexity index is 242. The summed E-state index contributed by atoms with van der Waals surface area (Å²) in [5, 5.41) is 0. The zero-order chi connectivity index (χ0) is 15.2. The fourth-order valence-electron chi connectivity index (χ4n) is 4.97. The van der Waals surface area contributed by atoms with Gasteiger partial charge < -0.3 is 0 Å². The fraction of sp³-hybridized carbons (Fsp3) is 1.00. The maximum absolute atomic E-state index is 2.57. The van der Waals surface area contributed by atoms with Crippen LogP contribution in [-0.4, -0.2) is 29.2 Å². The van der Waals surface area contributed by atoms with Gasteiger partial charge in [-0.05, 0) is 0 Å². The van der Waals surface area contributed by atoms with E-state index in [1.807, 2.05) is 0 Å². The molecule has 0 atom stereocenters. The van der Waals surface area contributed by atoms with Crippen LogP contribution in [0.5, 0.6) is 0 Å². The second-order valence-electron chi connectivity index (χ2n) is 10.4. The van der Waals surface area contributed by atoms with Crippen LogP contribution in [0.15, 0.2) is 0 Å². The number of hydrogen-bond donors (Lipinski definition) is 0. The van der Waals surface area contributed by atoms with Crippen LogP contribution in [0.3, 0.4) is 0 Å². The Hall–Kier alpha value is 1.14. The van der Waals surface area contributed by atoms with Crippen molar-refractivity contribution in [3.8, 4) is 0 Å². The standard InChI is InChI=1S/C4H11Si.3C4H9.Pb/c1-5(2,3)4;3*1-4(2)3;/h1H2,2-4H3;3*1-3H3;. The van der Waals surface area contributed by atoms with E-state index in [9.17, 15) is 0 Å². The van der Waals surface area contributed by atoms with Gasteiger partial charge >= 0.3 is 124 Å². The van der Waals surface area contributed by atoms with Crippen molar-refractivity contribution in [2.75, 3.05) is 0 Å². The summed E-state index contributed by atoms with van der Waals surface area (Å²) in [5.74, 6) is 0. The molecule has 0 aliphatic carbocycles. The van der Waals surface area contributed by atoms with Gasteiger partial charge in [-0.15, -0.1) is 0 Å². The van der Waals surface area contributed by atoms with Crippen LogP contribution in [0.25, 0.3) is 0 Å². The molecule has 0 radical (unpaired) electrons. The van der Waals surface area contributed by atoms with Crippen LogP contribution < -0.4 is 0 Å². The van der Waals surface area contributed by atoms with E-state index < -0.39 is 29.2 Å². The fourth-order valence-corrected chi connectivity index (χ4v) is 71.5. The average Bonchev–Trinajstić information content (AvgIpc) is 1.90. The van der Waals surface area contributed by atoms with Crippen molar-refractivity contribution in [2.24, 2.45) is 0 Å². The topological polar surface area (TPSA) is 0 Å². The van der Waals surface area contributed by atoms with E-state index in [0.717, 1.165) is 0 Å². The summed E-state index contributed by atoms with van der Waals surface area (Å²) < 4.78 is 3.26. The van der Waals surface area contributed by atoms with Crippen LogP contribution in [0.2, 0.25) is 32.2 Å². The molecule has 0 amide bonds. The average molecular weight is 466 g/mol. The molecule has 0 spiro atoms. The molecule has 0 bridgehead atoms. The van der Waals surface area contributed by atoms with Gasteiger partial charge in [0.05, 0.1) is 0 Å². The Morgan fingerprint density at radius 1 is 0.611 bits per heavy atom. The summed E-state index contributed by atoms with van der Waals surface area (Å²) >= 11 is -2.57. The molecule has 0 aromatic rings. The van der Waals surface area contributed by atoms with Crippen molar-refractivity contribution in [3.63, 3.8) is 0 Å². The van der Waals surface area contributed by atoms with Crippen LogP contribution in [0.1, 0.15) is 62.3 Å². The Morgan fingerprint density at radius 3 is 0.889 bits per heavy atom. The molecule has 0 heterocycles. The molecule has 110 valence electrons. The third-order valence-electron chi connectivity index (χ3n) is 4.64. The van der Waals surface area contributed by atoms with E-state index in [1.165, 1.54) is 0 Å². The first-order valence-electron chi connectivity index (χ1n) is 7.46. The molecular weight excluding hydrogens is 427 g/mol. The van der Waals surface area contributed by atoms with Crippen molar-refractivity contribution in [3.05, 3.63) is 0 Å². The number of rotatable bonds is 2. The van der Waals surface area contributed by atoms with Gasteiger partial charge in [-0.25, -0.2) is 0 Å². The van der Waals surface area contributed by atoms with Crippen LogP contribution >= 0.6 is 0 Å². The number of hydrogen-bond acceptors (Lipinski definition) is 0. The van der Waals surface area contributed by atoms with Gasteiger partial charge in [0.2, 0.25) is 0 Å². The van der Waals surface area contributed by atoms with Gasteiger partial charge in [-0.2, -0.15) is 0 Å². The second-order valence-corrected chi connectivity index (χ2v) is 44.5. The van der Waals surface area contributed by atoms with Crippen LogP contribution in [-0.2, 0) is 0 Å². The third-order valence-corrected chi connectivity index (χ3v) is 54.6. The molecule has 0 aliphatic heterocycles. The van der Waals surface area contributed by atoms with Crippen LogP contribution in [0.4, 0.5) is 0 Å². The van der Waals surface area contributed by atoms with E-state index in [1.54, 1.807) is 3.60 Å². The molecule has 0 nitrogen and oxygen atoms in total. The van der Waals surface area contributed by atoms with Gasteiger partial charge in [0.25, 0.3) is 0 Å². The van der Waals surface area contributed by atoms with Crippen LogP contribution in [0, 0.1) is 0 Å². The van der Waals surface area contributed by atoms with Crippen molar-refractivity contribution in [2.45, 2.75) is 94.5 Å². The SMILES string of the molecule is C[C](C)(C)[Pb]([CH2][Si](C)(C)C)([C](C)(C)C)[C](C)(C)C.